The summed E-state index contributed by atoms with van der Waals surface area (Å²) in [5.41, 5.74) is 7.44. The van der Waals surface area contributed by atoms with Gasteiger partial charge in [0.2, 0.25) is 10.0 Å². The van der Waals surface area contributed by atoms with Crippen LogP contribution in [0.5, 0.6) is 0 Å². The average Bonchev–Trinajstić information content (AvgIpc) is 2.65. The number of anilines is 1. The molecule has 19 heavy (non-hydrogen) atoms. The third-order valence-corrected chi connectivity index (χ3v) is 5.35. The second kappa shape index (κ2) is 4.75. The highest BCUT2D eigenvalue weighted by Crippen LogP contribution is 2.28. The first-order chi connectivity index (χ1) is 8.73. The lowest BCUT2D eigenvalue weighted by atomic mass is 10.1. The van der Waals surface area contributed by atoms with E-state index in [2.05, 4.69) is 0 Å². The van der Waals surface area contributed by atoms with Gasteiger partial charge in [-0.15, -0.1) is 0 Å². The minimum absolute atomic E-state index is 0.100. The molecule has 1 aromatic carbocycles. The molecular formula is C12H18N2O4S. The number of rotatable bonds is 2. The maximum absolute atomic E-state index is 12.5. The molecule has 1 aromatic rings. The Morgan fingerprint density at radius 3 is 2.26 bits per heavy atom. The molecule has 1 heterocycles. The SMILES string of the molecule is Cc1cc(N)c(C)c(S(=O)(=O)N2C[C@@H](O)[C@@H](O)C2)c1. The topological polar surface area (TPSA) is 104 Å². The number of nitrogens with zero attached hydrogens (tertiary/aromatic N) is 1. The van der Waals surface area contributed by atoms with Crippen LogP contribution in [0.1, 0.15) is 11.1 Å². The van der Waals surface area contributed by atoms with E-state index in [0.717, 1.165) is 9.87 Å². The Balaban J connectivity index is 2.46. The predicted molar refractivity (Wildman–Crippen MR) is 71.1 cm³/mol. The first-order valence-electron chi connectivity index (χ1n) is 5.96. The molecule has 106 valence electrons. The Morgan fingerprint density at radius 1 is 1.21 bits per heavy atom. The molecule has 4 N–H and O–H groups in total. The number of aliphatic hydroxyl groups excluding tert-OH is 2. The summed E-state index contributed by atoms with van der Waals surface area (Å²) in [7, 11) is -3.75. The van der Waals surface area contributed by atoms with Crippen molar-refractivity contribution in [1.82, 2.24) is 4.31 Å². The van der Waals surface area contributed by atoms with Crippen molar-refractivity contribution in [3.63, 3.8) is 0 Å². The van der Waals surface area contributed by atoms with E-state index in [4.69, 9.17) is 5.73 Å². The first kappa shape index (κ1) is 14.3. The summed E-state index contributed by atoms with van der Waals surface area (Å²) in [6.45, 7) is 3.21. The van der Waals surface area contributed by atoms with Crippen molar-refractivity contribution in [2.45, 2.75) is 31.0 Å². The second-order valence-electron chi connectivity index (χ2n) is 4.93. The minimum atomic E-state index is -3.75. The van der Waals surface area contributed by atoms with Crippen LogP contribution in [0.3, 0.4) is 0 Å². The molecule has 1 aliphatic rings. The highest BCUT2D eigenvalue weighted by molar-refractivity contribution is 7.89. The molecule has 1 aliphatic heterocycles. The molecule has 0 bridgehead atoms. The van der Waals surface area contributed by atoms with Gasteiger partial charge in [0.15, 0.2) is 0 Å². The van der Waals surface area contributed by atoms with Gasteiger partial charge in [-0.05, 0) is 37.1 Å². The maximum Gasteiger partial charge on any atom is 0.243 e. The molecule has 1 fully saturated rings. The molecule has 0 radical (unpaired) electrons. The number of β-amino-alcohol motifs (C(OH)–C–C–N with tert-alkyl or cyclic N) is 2. The summed E-state index contributed by atoms with van der Waals surface area (Å²) < 4.78 is 26.1. The molecule has 2 rings (SSSR count). The third kappa shape index (κ3) is 2.46. The normalized spacial score (nSPS) is 24.8. The van der Waals surface area contributed by atoms with E-state index < -0.39 is 22.2 Å². The Kier molecular flexibility index (Phi) is 3.57. The fraction of sp³-hybridized carbons (Fsp3) is 0.500. The number of benzene rings is 1. The summed E-state index contributed by atoms with van der Waals surface area (Å²) in [5, 5.41) is 19.0. The van der Waals surface area contributed by atoms with Crippen LogP contribution in [0.2, 0.25) is 0 Å². The number of aryl methyl sites for hydroxylation is 1. The molecule has 2 atom stereocenters. The van der Waals surface area contributed by atoms with E-state index in [-0.39, 0.29) is 18.0 Å². The van der Waals surface area contributed by atoms with Gasteiger partial charge in [0.05, 0.1) is 17.1 Å². The van der Waals surface area contributed by atoms with Crippen LogP contribution in [-0.2, 0) is 10.0 Å². The van der Waals surface area contributed by atoms with E-state index in [1.54, 1.807) is 26.0 Å². The number of nitrogen functional groups attached to an aromatic ring is 1. The number of hydrogen-bond donors (Lipinski definition) is 3. The van der Waals surface area contributed by atoms with Gasteiger partial charge in [0, 0.05) is 18.8 Å². The van der Waals surface area contributed by atoms with E-state index in [1.165, 1.54) is 0 Å². The maximum atomic E-state index is 12.5. The van der Waals surface area contributed by atoms with Crippen LogP contribution < -0.4 is 5.73 Å². The van der Waals surface area contributed by atoms with Crippen molar-refractivity contribution in [1.29, 1.82) is 0 Å². The highest BCUT2D eigenvalue weighted by Gasteiger charge is 2.38. The zero-order valence-electron chi connectivity index (χ0n) is 10.9. The molecule has 0 spiro atoms. The number of aliphatic hydroxyl groups is 2. The van der Waals surface area contributed by atoms with Crippen LogP contribution in [0.15, 0.2) is 17.0 Å². The Labute approximate surface area is 112 Å². The lowest BCUT2D eigenvalue weighted by Gasteiger charge is -2.18. The van der Waals surface area contributed by atoms with E-state index >= 15 is 0 Å². The zero-order chi connectivity index (χ0) is 14.4. The van der Waals surface area contributed by atoms with Crippen molar-refractivity contribution in [2.75, 3.05) is 18.8 Å². The van der Waals surface area contributed by atoms with Gasteiger partial charge in [-0.3, -0.25) is 0 Å². The lowest BCUT2D eigenvalue weighted by Crippen LogP contribution is -2.30. The van der Waals surface area contributed by atoms with Crippen molar-refractivity contribution in [2.24, 2.45) is 0 Å². The highest BCUT2D eigenvalue weighted by atomic mass is 32.2. The second-order valence-corrected chi connectivity index (χ2v) is 6.84. The quantitative estimate of drug-likeness (QED) is 0.642. The van der Waals surface area contributed by atoms with Crippen molar-refractivity contribution in [3.8, 4) is 0 Å². The lowest BCUT2D eigenvalue weighted by molar-refractivity contribution is 0.0572. The molecule has 0 saturated carbocycles. The zero-order valence-corrected chi connectivity index (χ0v) is 11.7. The molecular weight excluding hydrogens is 268 g/mol. The largest absolute Gasteiger partial charge is 0.398 e. The smallest absolute Gasteiger partial charge is 0.243 e. The van der Waals surface area contributed by atoms with Crippen molar-refractivity contribution < 1.29 is 18.6 Å². The fourth-order valence-electron chi connectivity index (χ4n) is 2.19. The van der Waals surface area contributed by atoms with Crippen LogP contribution in [0, 0.1) is 13.8 Å². The Hall–Kier alpha value is -1.15. The summed E-state index contributed by atoms with van der Waals surface area (Å²) in [5.74, 6) is 0. The van der Waals surface area contributed by atoms with Crippen LogP contribution in [0.4, 0.5) is 5.69 Å². The fourth-order valence-corrected chi connectivity index (χ4v) is 4.01. The van der Waals surface area contributed by atoms with Gasteiger partial charge in [-0.25, -0.2) is 8.42 Å². The Bertz CT molecular complexity index is 590. The predicted octanol–water partition coefficient (Wildman–Crippen LogP) is -0.388. The van der Waals surface area contributed by atoms with Gasteiger partial charge in [-0.2, -0.15) is 4.31 Å². The van der Waals surface area contributed by atoms with Crippen LogP contribution >= 0.6 is 0 Å². The standard InChI is InChI=1S/C12H18N2O4S/c1-7-3-9(13)8(2)12(4-7)19(17,18)14-5-10(15)11(16)6-14/h3-4,10-11,15-16H,5-6,13H2,1-2H3/t10-,11+. The summed E-state index contributed by atoms with van der Waals surface area (Å²) >= 11 is 0. The van der Waals surface area contributed by atoms with Gasteiger partial charge >= 0.3 is 0 Å². The molecule has 6 nitrogen and oxygen atoms in total. The molecule has 0 amide bonds. The first-order valence-corrected chi connectivity index (χ1v) is 7.40. The van der Waals surface area contributed by atoms with Gasteiger partial charge in [0.25, 0.3) is 0 Å². The number of sulfonamides is 1. The van der Waals surface area contributed by atoms with E-state index in [1.807, 2.05) is 0 Å². The summed E-state index contributed by atoms with van der Waals surface area (Å²) in [6, 6.07) is 3.26. The average molecular weight is 286 g/mol. The third-order valence-electron chi connectivity index (χ3n) is 3.39. The monoisotopic (exact) mass is 286 g/mol. The van der Waals surface area contributed by atoms with E-state index in [0.29, 0.717) is 11.3 Å². The molecule has 0 aromatic heterocycles. The van der Waals surface area contributed by atoms with Crippen LogP contribution in [-0.4, -0.2) is 48.2 Å². The van der Waals surface area contributed by atoms with Gasteiger partial charge in [0.1, 0.15) is 0 Å². The van der Waals surface area contributed by atoms with Crippen molar-refractivity contribution >= 4 is 15.7 Å². The molecule has 7 heteroatoms. The van der Waals surface area contributed by atoms with Crippen LogP contribution in [0.25, 0.3) is 0 Å². The summed E-state index contributed by atoms with van der Waals surface area (Å²) in [4.78, 5) is 0.131. The van der Waals surface area contributed by atoms with Crippen molar-refractivity contribution in [3.05, 3.63) is 23.3 Å². The van der Waals surface area contributed by atoms with E-state index in [9.17, 15) is 18.6 Å². The number of nitrogens with two attached hydrogens (primary N) is 1. The Morgan fingerprint density at radius 2 is 1.74 bits per heavy atom. The van der Waals surface area contributed by atoms with Gasteiger partial charge < -0.3 is 15.9 Å². The minimum Gasteiger partial charge on any atom is -0.398 e. The molecule has 1 saturated heterocycles. The molecule has 0 aliphatic carbocycles. The molecule has 0 unspecified atom stereocenters. The number of hydrogen-bond acceptors (Lipinski definition) is 5. The summed E-state index contributed by atoms with van der Waals surface area (Å²) in [6.07, 6.45) is -2.09. The van der Waals surface area contributed by atoms with Gasteiger partial charge in [-0.1, -0.05) is 0 Å².